The zero-order valence-corrected chi connectivity index (χ0v) is 17.0. The van der Waals surface area contributed by atoms with E-state index in [-0.39, 0.29) is 11.8 Å². The first-order valence-corrected chi connectivity index (χ1v) is 9.95. The highest BCUT2D eigenvalue weighted by molar-refractivity contribution is 5.92. The molecule has 0 unspecified atom stereocenters. The molecular formula is C22H25N5O2. The summed E-state index contributed by atoms with van der Waals surface area (Å²) in [6.07, 6.45) is 6.00. The maximum atomic E-state index is 12.3. The molecule has 1 fully saturated rings. The van der Waals surface area contributed by atoms with Crippen LogP contribution < -0.4 is 10.1 Å². The number of benzene rings is 1. The summed E-state index contributed by atoms with van der Waals surface area (Å²) in [4.78, 5) is 25.5. The van der Waals surface area contributed by atoms with E-state index in [0.717, 1.165) is 42.8 Å². The van der Waals surface area contributed by atoms with Gasteiger partial charge < -0.3 is 10.1 Å². The number of ether oxygens (including phenoxy) is 1. The number of hydrogen-bond donors (Lipinski definition) is 1. The third kappa shape index (κ3) is 4.29. The second-order valence-electron chi connectivity index (χ2n) is 7.49. The highest BCUT2D eigenvalue weighted by Gasteiger charge is 2.22. The molecule has 2 heterocycles. The third-order valence-electron chi connectivity index (χ3n) is 5.37. The molecule has 1 aliphatic rings. The monoisotopic (exact) mass is 391 g/mol. The average Bonchev–Trinajstić information content (AvgIpc) is 3.34. The fourth-order valence-corrected chi connectivity index (χ4v) is 3.59. The fraction of sp³-hybridized carbons (Fsp3) is 0.364. The summed E-state index contributed by atoms with van der Waals surface area (Å²) in [5, 5.41) is 2.99. The number of rotatable bonds is 5. The molecule has 0 radical (unpaired) electrons. The van der Waals surface area contributed by atoms with E-state index in [4.69, 9.17) is 4.74 Å². The minimum absolute atomic E-state index is 0.109. The highest BCUT2D eigenvalue weighted by Crippen LogP contribution is 2.27. The SMILES string of the molecule is Cc1nc(Oc2ccc(NC(=O)C3CCCC3)cc2)cc(-n2cnc(C)c2C)n1. The molecule has 1 N–H and O–H groups in total. The summed E-state index contributed by atoms with van der Waals surface area (Å²) in [5.41, 5.74) is 2.76. The van der Waals surface area contributed by atoms with Gasteiger partial charge in [-0.15, -0.1) is 0 Å². The van der Waals surface area contributed by atoms with Gasteiger partial charge in [0.1, 0.15) is 23.7 Å². The van der Waals surface area contributed by atoms with E-state index in [1.807, 2.05) is 49.6 Å². The maximum Gasteiger partial charge on any atom is 0.227 e. The lowest BCUT2D eigenvalue weighted by Crippen LogP contribution is -2.20. The van der Waals surface area contributed by atoms with Crippen LogP contribution in [0.4, 0.5) is 5.69 Å². The lowest BCUT2D eigenvalue weighted by molar-refractivity contribution is -0.119. The largest absolute Gasteiger partial charge is 0.439 e. The van der Waals surface area contributed by atoms with Crippen LogP contribution in [0.5, 0.6) is 11.6 Å². The average molecular weight is 391 g/mol. The normalized spacial score (nSPS) is 14.2. The van der Waals surface area contributed by atoms with Gasteiger partial charge in [0.05, 0.1) is 5.69 Å². The molecule has 7 heteroatoms. The second kappa shape index (κ2) is 8.03. The van der Waals surface area contributed by atoms with Crippen molar-refractivity contribution in [3.8, 4) is 17.4 Å². The number of hydrogen-bond acceptors (Lipinski definition) is 5. The fourth-order valence-electron chi connectivity index (χ4n) is 3.59. The molecular weight excluding hydrogens is 366 g/mol. The zero-order valence-electron chi connectivity index (χ0n) is 17.0. The van der Waals surface area contributed by atoms with E-state index < -0.39 is 0 Å². The molecule has 1 amide bonds. The summed E-state index contributed by atoms with van der Waals surface area (Å²) in [6, 6.07) is 9.14. The summed E-state index contributed by atoms with van der Waals surface area (Å²) in [7, 11) is 0. The summed E-state index contributed by atoms with van der Waals surface area (Å²) in [5.74, 6) is 2.68. The van der Waals surface area contributed by atoms with Crippen LogP contribution in [0, 0.1) is 26.7 Å². The first-order chi connectivity index (χ1) is 14.0. The second-order valence-corrected chi connectivity index (χ2v) is 7.49. The Morgan fingerprint density at radius 3 is 2.48 bits per heavy atom. The summed E-state index contributed by atoms with van der Waals surface area (Å²) >= 11 is 0. The van der Waals surface area contributed by atoms with E-state index in [2.05, 4.69) is 20.3 Å². The Labute approximate surface area is 170 Å². The molecule has 1 saturated carbocycles. The molecule has 0 aliphatic heterocycles. The predicted octanol–water partition coefficient (Wildman–Crippen LogP) is 4.51. The lowest BCUT2D eigenvalue weighted by atomic mass is 10.1. The topological polar surface area (TPSA) is 81.9 Å². The van der Waals surface area contributed by atoms with Crippen molar-refractivity contribution in [1.82, 2.24) is 19.5 Å². The van der Waals surface area contributed by atoms with Crippen LogP contribution in [0.1, 0.15) is 42.9 Å². The molecule has 150 valence electrons. The van der Waals surface area contributed by atoms with E-state index >= 15 is 0 Å². The first-order valence-electron chi connectivity index (χ1n) is 9.95. The van der Waals surface area contributed by atoms with Gasteiger partial charge in [-0.2, -0.15) is 4.98 Å². The van der Waals surface area contributed by atoms with Crippen molar-refractivity contribution in [3.05, 3.63) is 53.9 Å². The van der Waals surface area contributed by atoms with Crippen LogP contribution >= 0.6 is 0 Å². The van der Waals surface area contributed by atoms with Gasteiger partial charge in [-0.25, -0.2) is 9.97 Å². The molecule has 4 rings (SSSR count). The van der Waals surface area contributed by atoms with Gasteiger partial charge >= 0.3 is 0 Å². The Morgan fingerprint density at radius 1 is 1.10 bits per heavy atom. The van der Waals surface area contributed by atoms with Crippen LogP contribution in [0.3, 0.4) is 0 Å². The number of carbonyl (C=O) groups excluding carboxylic acids is 1. The summed E-state index contributed by atoms with van der Waals surface area (Å²) < 4.78 is 7.85. The minimum Gasteiger partial charge on any atom is -0.439 e. The number of nitrogens with one attached hydrogen (secondary N) is 1. The van der Waals surface area contributed by atoms with Crippen molar-refractivity contribution in [2.24, 2.45) is 5.92 Å². The van der Waals surface area contributed by atoms with Gasteiger partial charge in [-0.1, -0.05) is 12.8 Å². The van der Waals surface area contributed by atoms with Crippen molar-refractivity contribution >= 4 is 11.6 Å². The Kier molecular flexibility index (Phi) is 5.29. The van der Waals surface area contributed by atoms with Crippen LogP contribution in [0.25, 0.3) is 5.82 Å². The van der Waals surface area contributed by atoms with Crippen molar-refractivity contribution in [3.63, 3.8) is 0 Å². The number of aryl methyl sites for hydroxylation is 2. The van der Waals surface area contributed by atoms with Crippen molar-refractivity contribution in [1.29, 1.82) is 0 Å². The highest BCUT2D eigenvalue weighted by atomic mass is 16.5. The maximum absolute atomic E-state index is 12.3. The quantitative estimate of drug-likeness (QED) is 0.692. The Hall–Kier alpha value is -3.22. The van der Waals surface area contributed by atoms with Crippen LogP contribution in [-0.2, 0) is 4.79 Å². The number of anilines is 1. The number of nitrogens with zero attached hydrogens (tertiary/aromatic N) is 4. The Morgan fingerprint density at radius 2 is 1.83 bits per heavy atom. The van der Waals surface area contributed by atoms with Gasteiger partial charge in [0.15, 0.2) is 0 Å². The van der Waals surface area contributed by atoms with E-state index in [0.29, 0.717) is 23.3 Å². The number of carbonyl (C=O) groups is 1. The van der Waals surface area contributed by atoms with Crippen LogP contribution in [-0.4, -0.2) is 25.4 Å². The minimum atomic E-state index is 0.109. The van der Waals surface area contributed by atoms with Crippen LogP contribution in [0.15, 0.2) is 36.7 Å². The molecule has 0 spiro atoms. The number of aromatic nitrogens is 4. The van der Waals surface area contributed by atoms with E-state index in [9.17, 15) is 4.79 Å². The number of imidazole rings is 1. The third-order valence-corrected chi connectivity index (χ3v) is 5.37. The standard InChI is InChI=1S/C22H25N5O2/c1-14-15(2)27(13-23-14)20-12-21(25-16(3)24-20)29-19-10-8-18(9-11-19)26-22(28)17-6-4-5-7-17/h8-13,17H,4-7H2,1-3H3,(H,26,28). The lowest BCUT2D eigenvalue weighted by Gasteiger charge is -2.12. The van der Waals surface area contributed by atoms with Crippen LogP contribution in [0.2, 0.25) is 0 Å². The molecule has 0 saturated heterocycles. The van der Waals surface area contributed by atoms with Gasteiger partial charge in [0.25, 0.3) is 0 Å². The first kappa shape index (κ1) is 19.1. The molecule has 2 aromatic heterocycles. The summed E-state index contributed by atoms with van der Waals surface area (Å²) in [6.45, 7) is 5.79. The zero-order chi connectivity index (χ0) is 20.4. The van der Waals surface area contributed by atoms with Crippen molar-refractivity contribution in [2.75, 3.05) is 5.32 Å². The van der Waals surface area contributed by atoms with E-state index in [1.165, 1.54) is 0 Å². The predicted molar refractivity (Wildman–Crippen MR) is 110 cm³/mol. The Bertz CT molecular complexity index is 1020. The smallest absolute Gasteiger partial charge is 0.227 e. The number of amides is 1. The molecule has 1 aromatic carbocycles. The van der Waals surface area contributed by atoms with Crippen molar-refractivity contribution < 1.29 is 9.53 Å². The van der Waals surface area contributed by atoms with Gasteiger partial charge in [-0.3, -0.25) is 9.36 Å². The molecule has 0 bridgehead atoms. The van der Waals surface area contributed by atoms with Gasteiger partial charge in [0.2, 0.25) is 11.8 Å². The van der Waals surface area contributed by atoms with E-state index in [1.54, 1.807) is 12.4 Å². The van der Waals surface area contributed by atoms with Gasteiger partial charge in [-0.05, 0) is 57.9 Å². The molecule has 0 atom stereocenters. The molecule has 29 heavy (non-hydrogen) atoms. The molecule has 7 nitrogen and oxygen atoms in total. The Balaban J connectivity index is 1.47. The van der Waals surface area contributed by atoms with Gasteiger partial charge in [0, 0.05) is 23.4 Å². The van der Waals surface area contributed by atoms with Crippen molar-refractivity contribution in [2.45, 2.75) is 46.5 Å². The molecule has 1 aliphatic carbocycles. The molecule has 3 aromatic rings.